The van der Waals surface area contributed by atoms with Crippen LogP contribution in [0.2, 0.25) is 0 Å². The molecule has 1 heterocycles. The van der Waals surface area contributed by atoms with Gasteiger partial charge in [0.15, 0.2) is 6.29 Å². The Balaban J connectivity index is 1.36. The van der Waals surface area contributed by atoms with E-state index in [1.54, 1.807) is 0 Å². The molecular formula is C38H64O11. The molecule has 5 saturated carbocycles. The number of hydrogen-bond acceptors (Lipinski definition) is 11. The zero-order valence-corrected chi connectivity index (χ0v) is 30.8. The normalized spacial score (nSPS) is 50.6. The number of rotatable bonds is 9. The fourth-order valence-corrected chi connectivity index (χ4v) is 13.5. The average molecular weight is 697 g/mol. The van der Waals surface area contributed by atoms with Crippen molar-refractivity contribution in [2.24, 2.45) is 50.7 Å². The average Bonchev–Trinajstić information content (AvgIpc) is 3.58. The van der Waals surface area contributed by atoms with Gasteiger partial charge in [0.25, 0.3) is 0 Å². The van der Waals surface area contributed by atoms with Crippen molar-refractivity contribution in [3.63, 3.8) is 0 Å². The number of aliphatic hydroxyl groups is 7. The number of esters is 1. The van der Waals surface area contributed by atoms with Crippen LogP contribution in [-0.4, -0.2) is 109 Å². The minimum Gasteiger partial charge on any atom is -0.462 e. The van der Waals surface area contributed by atoms with Gasteiger partial charge in [0, 0.05) is 17.8 Å². The van der Waals surface area contributed by atoms with E-state index in [0.717, 1.165) is 44.9 Å². The van der Waals surface area contributed by atoms with Crippen LogP contribution in [0.3, 0.4) is 0 Å². The number of carbonyl (C=O) groups excluding carboxylic acids is 1. The lowest BCUT2D eigenvalue weighted by Crippen LogP contribution is -2.68. The lowest BCUT2D eigenvalue weighted by atomic mass is 9.37. The molecule has 5 aliphatic carbocycles. The third-order valence-corrected chi connectivity index (χ3v) is 15.9. The second-order valence-corrected chi connectivity index (χ2v) is 18.9. The van der Waals surface area contributed by atoms with Crippen molar-refractivity contribution in [1.29, 1.82) is 0 Å². The molecule has 282 valence electrons. The van der Waals surface area contributed by atoms with Crippen LogP contribution in [0.4, 0.5) is 0 Å². The molecule has 0 bridgehead atoms. The van der Waals surface area contributed by atoms with Crippen LogP contribution in [0, 0.1) is 50.7 Å². The Kier molecular flexibility index (Phi) is 9.53. The van der Waals surface area contributed by atoms with Gasteiger partial charge < -0.3 is 50.0 Å². The van der Waals surface area contributed by atoms with Gasteiger partial charge in [-0.1, -0.05) is 34.6 Å². The van der Waals surface area contributed by atoms with E-state index in [9.17, 15) is 40.5 Å². The van der Waals surface area contributed by atoms with Crippen LogP contribution >= 0.6 is 0 Å². The highest BCUT2D eigenvalue weighted by atomic mass is 16.7. The van der Waals surface area contributed by atoms with Gasteiger partial charge in [0.2, 0.25) is 0 Å². The maximum atomic E-state index is 12.2. The standard InChI is InChI=1S/C38H64O11/c1-19(15-22(41)31(45)34(5,6)46)21-9-14-38-18-37(21,38)13-10-24-35(7)12-11-26(47-20(2)40)33(3,4)25(35)16-27(36(24,38)8)49-32-30(44)29(43)28(42)23(17-39)48-32/h19,21-32,39,41-46H,9-18H2,1-8H3/t19-,21-,22+,23+,24+,25-,26+,27+,28+,29?,30?,31-,32-,35+,36-,37+,38+/m0/s1. The van der Waals surface area contributed by atoms with Crippen molar-refractivity contribution in [3.8, 4) is 0 Å². The highest BCUT2D eigenvalue weighted by Gasteiger charge is 2.85. The summed E-state index contributed by atoms with van der Waals surface area (Å²) in [6.45, 7) is 15.3. The third kappa shape index (κ3) is 5.41. The van der Waals surface area contributed by atoms with E-state index in [-0.39, 0.29) is 56.9 Å². The minimum atomic E-state index is -1.54. The Morgan fingerprint density at radius 2 is 1.61 bits per heavy atom. The third-order valence-electron chi connectivity index (χ3n) is 15.9. The molecule has 1 aliphatic heterocycles. The number of fused-ring (bicyclic) bond motifs is 3. The molecule has 6 aliphatic rings. The molecule has 6 fully saturated rings. The van der Waals surface area contributed by atoms with E-state index in [2.05, 4.69) is 34.6 Å². The van der Waals surface area contributed by atoms with Gasteiger partial charge in [0.1, 0.15) is 36.6 Å². The first-order valence-corrected chi connectivity index (χ1v) is 18.8. The predicted octanol–water partition coefficient (Wildman–Crippen LogP) is 2.67. The largest absolute Gasteiger partial charge is 0.462 e. The Morgan fingerprint density at radius 1 is 0.939 bits per heavy atom. The van der Waals surface area contributed by atoms with E-state index < -0.39 is 61.2 Å². The number of hydrogen-bond donors (Lipinski definition) is 7. The van der Waals surface area contributed by atoms with E-state index in [4.69, 9.17) is 14.2 Å². The summed E-state index contributed by atoms with van der Waals surface area (Å²) in [6, 6.07) is 0. The second-order valence-electron chi connectivity index (χ2n) is 18.9. The van der Waals surface area contributed by atoms with Crippen LogP contribution in [0.15, 0.2) is 0 Å². The molecule has 0 aromatic carbocycles. The lowest BCUT2D eigenvalue weighted by Gasteiger charge is -2.69. The van der Waals surface area contributed by atoms with Crippen LogP contribution in [0.1, 0.15) is 113 Å². The van der Waals surface area contributed by atoms with Crippen molar-refractivity contribution in [2.45, 2.75) is 174 Å². The summed E-state index contributed by atoms with van der Waals surface area (Å²) in [7, 11) is 0. The van der Waals surface area contributed by atoms with Gasteiger partial charge in [-0.3, -0.25) is 4.79 Å². The van der Waals surface area contributed by atoms with Gasteiger partial charge in [0.05, 0.1) is 24.4 Å². The quantitative estimate of drug-likeness (QED) is 0.139. The van der Waals surface area contributed by atoms with Gasteiger partial charge >= 0.3 is 5.97 Å². The molecule has 0 amide bonds. The Bertz CT molecular complexity index is 1250. The first kappa shape index (κ1) is 37.9. The molecule has 6 rings (SSSR count). The molecule has 49 heavy (non-hydrogen) atoms. The maximum Gasteiger partial charge on any atom is 0.302 e. The van der Waals surface area contributed by atoms with Crippen molar-refractivity contribution >= 4 is 5.97 Å². The number of aliphatic hydroxyl groups excluding tert-OH is 6. The summed E-state index contributed by atoms with van der Waals surface area (Å²) in [5.74, 6) is 0.513. The van der Waals surface area contributed by atoms with Crippen molar-refractivity contribution in [2.75, 3.05) is 6.61 Å². The molecule has 0 aromatic heterocycles. The van der Waals surface area contributed by atoms with Crippen molar-refractivity contribution in [1.82, 2.24) is 0 Å². The summed E-state index contributed by atoms with van der Waals surface area (Å²) >= 11 is 0. The highest BCUT2D eigenvalue weighted by Crippen LogP contribution is 2.91. The summed E-state index contributed by atoms with van der Waals surface area (Å²) < 4.78 is 18.9. The minimum absolute atomic E-state index is 0.0295. The lowest BCUT2D eigenvalue weighted by molar-refractivity contribution is -0.344. The molecule has 0 aromatic rings. The molecule has 7 N–H and O–H groups in total. The molecule has 11 heteroatoms. The van der Waals surface area contributed by atoms with E-state index in [1.807, 2.05) is 0 Å². The van der Waals surface area contributed by atoms with Crippen molar-refractivity contribution in [3.05, 3.63) is 0 Å². The van der Waals surface area contributed by atoms with Gasteiger partial charge in [-0.25, -0.2) is 0 Å². The zero-order chi connectivity index (χ0) is 36.3. The summed E-state index contributed by atoms with van der Waals surface area (Å²) in [5, 5.41) is 74.4. The predicted molar refractivity (Wildman–Crippen MR) is 179 cm³/mol. The SMILES string of the molecule is CC(=O)O[C@@H]1CC[C@]2(C)[C@H]3CC[C@]45C[C@]4(CC[C@H]5[C@@H](C)C[C@@H](O)[C@H](O)C(C)(C)O)[C@]3(C)[C@H](O[C@@H]3O[C@H](CO)[C@@H](O)C(O)C3O)C[C@H]2C1(C)C. The molecule has 11 nitrogen and oxygen atoms in total. The topological polar surface area (TPSA) is 186 Å². The van der Waals surface area contributed by atoms with E-state index >= 15 is 0 Å². The maximum absolute atomic E-state index is 12.2. The van der Waals surface area contributed by atoms with Crippen molar-refractivity contribution < 1.29 is 54.8 Å². The Labute approximate surface area is 291 Å². The Hall–Kier alpha value is -0.890. The summed E-state index contributed by atoms with van der Waals surface area (Å²) in [4.78, 5) is 12.2. The van der Waals surface area contributed by atoms with Gasteiger partial charge in [-0.15, -0.1) is 0 Å². The fourth-order valence-electron chi connectivity index (χ4n) is 13.5. The van der Waals surface area contributed by atoms with Crippen LogP contribution in [0.25, 0.3) is 0 Å². The van der Waals surface area contributed by atoms with E-state index in [0.29, 0.717) is 18.8 Å². The fraction of sp³-hybridized carbons (Fsp3) is 0.974. The highest BCUT2D eigenvalue weighted by molar-refractivity contribution is 5.66. The Morgan fingerprint density at radius 3 is 2.22 bits per heavy atom. The van der Waals surface area contributed by atoms with Crippen LogP contribution < -0.4 is 0 Å². The summed E-state index contributed by atoms with van der Waals surface area (Å²) in [5.41, 5.74) is -2.24. The van der Waals surface area contributed by atoms with Gasteiger partial charge in [-0.05, 0) is 112 Å². The molecular weight excluding hydrogens is 632 g/mol. The van der Waals surface area contributed by atoms with Crippen LogP contribution in [-0.2, 0) is 19.0 Å². The molecule has 0 radical (unpaired) electrons. The number of carbonyl (C=O) groups is 1. The monoisotopic (exact) mass is 696 g/mol. The smallest absolute Gasteiger partial charge is 0.302 e. The zero-order valence-electron chi connectivity index (χ0n) is 30.8. The van der Waals surface area contributed by atoms with E-state index in [1.165, 1.54) is 20.8 Å². The molecule has 1 saturated heterocycles. The molecule has 17 atom stereocenters. The number of ether oxygens (including phenoxy) is 3. The molecule has 0 spiro atoms. The molecule has 2 unspecified atom stereocenters. The van der Waals surface area contributed by atoms with Gasteiger partial charge in [-0.2, -0.15) is 0 Å². The first-order chi connectivity index (χ1) is 22.6. The first-order valence-electron chi connectivity index (χ1n) is 18.8. The van der Waals surface area contributed by atoms with Crippen LogP contribution in [0.5, 0.6) is 0 Å². The second kappa shape index (κ2) is 12.3. The summed E-state index contributed by atoms with van der Waals surface area (Å²) in [6.07, 6.45) is -2.03.